The average molecular weight is 381 g/mol. The van der Waals surface area contributed by atoms with Crippen molar-refractivity contribution in [3.05, 3.63) is 0 Å². The molecule has 0 spiro atoms. The van der Waals surface area contributed by atoms with Gasteiger partial charge in [0.25, 0.3) is 0 Å². The zero-order valence-corrected chi connectivity index (χ0v) is 7.56. The van der Waals surface area contributed by atoms with Crippen LogP contribution in [0.25, 0.3) is 0 Å². The molecule has 0 fully saturated rings. The maximum atomic E-state index is 2.18. The molecule has 35 valence electrons. The average Bonchev–Trinajstić information content (AvgIpc) is 0.918. The summed E-state index contributed by atoms with van der Waals surface area (Å²) in [4.78, 5) is 0. The van der Waals surface area contributed by atoms with Crippen molar-refractivity contribution in [1.82, 2.24) is 0 Å². The van der Waals surface area contributed by atoms with Gasteiger partial charge in [-0.15, -0.1) is 0 Å². The van der Waals surface area contributed by atoms with Crippen molar-refractivity contribution in [2.45, 2.75) is 0 Å². The summed E-state index contributed by atoms with van der Waals surface area (Å²) in [5.74, 6) is 0. The van der Waals surface area contributed by atoms with Crippen LogP contribution in [0.2, 0.25) is 0 Å². The van der Waals surface area contributed by atoms with E-state index in [9.17, 15) is 0 Å². The summed E-state index contributed by atoms with van der Waals surface area (Å²) in [7, 11) is 1.75. The van der Waals surface area contributed by atoms with Crippen LogP contribution in [0.1, 0.15) is 0 Å². The summed E-state index contributed by atoms with van der Waals surface area (Å²) in [6.45, 7) is 0. The molecule has 0 saturated carbocycles. The second kappa shape index (κ2) is 9.09. The van der Waals surface area contributed by atoms with E-state index in [2.05, 4.69) is 40.7 Å². The van der Waals surface area contributed by atoms with Gasteiger partial charge in [0, 0.05) is 0 Å². The molecule has 0 saturated heterocycles. The molecular weight excluding hydrogens is 381 g/mol. The number of rotatable bonds is 0. The third-order valence-electron chi connectivity index (χ3n) is 0. The minimum absolute atomic E-state index is 0. The van der Waals surface area contributed by atoms with Gasteiger partial charge in [0.1, 0.15) is 0 Å². The van der Waals surface area contributed by atoms with E-state index in [1.807, 2.05) is 0 Å². The molecule has 0 aliphatic carbocycles. The molecule has 0 bridgehead atoms. The van der Waals surface area contributed by atoms with Crippen LogP contribution in [0, 0.1) is 0 Å². The summed E-state index contributed by atoms with van der Waals surface area (Å²) < 4.78 is 0. The van der Waals surface area contributed by atoms with Gasteiger partial charge in [0.05, 0.1) is 0 Å². The molecule has 0 aromatic rings. The fourth-order valence-corrected chi connectivity index (χ4v) is 0. The fraction of sp³-hybridized carbons (Fsp3) is 0. The zero-order chi connectivity index (χ0) is 2.71. The van der Waals surface area contributed by atoms with E-state index < -0.39 is 0 Å². The van der Waals surface area contributed by atoms with Crippen molar-refractivity contribution in [3.8, 4) is 0 Å². The first kappa shape index (κ1) is 9.71. The zero-order valence-electron chi connectivity index (χ0n) is 1.36. The molecule has 0 nitrogen and oxygen atoms in total. The Morgan fingerprint density at radius 2 is 1.25 bits per heavy atom. The van der Waals surface area contributed by atoms with E-state index in [4.69, 9.17) is 0 Å². The second-order valence-corrected chi connectivity index (χ2v) is 7.99. The summed E-state index contributed by atoms with van der Waals surface area (Å²) in [6, 6.07) is 0. The molecular formula is Cu2I2+. The third kappa shape index (κ3) is 8.82. The Balaban J connectivity index is 0. The SMILES string of the molecule is [Cu+].[I][Cu][I]. The second-order valence-electron chi connectivity index (χ2n) is 0.0431. The Morgan fingerprint density at radius 1 is 1.25 bits per heavy atom. The molecule has 0 radical (unpaired) electrons. The van der Waals surface area contributed by atoms with Crippen molar-refractivity contribution in [1.29, 1.82) is 0 Å². The van der Waals surface area contributed by atoms with E-state index >= 15 is 0 Å². The van der Waals surface area contributed by atoms with Crippen LogP contribution in [0.4, 0.5) is 0 Å². The quantitative estimate of drug-likeness (QED) is 0.444. The standard InChI is InChI=1S/2Cu.2HI/h;;2*1H/q+1;+2;;/p-2. The van der Waals surface area contributed by atoms with Crippen molar-refractivity contribution < 1.29 is 25.5 Å². The van der Waals surface area contributed by atoms with Crippen molar-refractivity contribution in [2.24, 2.45) is 0 Å². The van der Waals surface area contributed by atoms with Crippen LogP contribution in [0.3, 0.4) is 0 Å². The monoisotopic (exact) mass is 380 g/mol. The number of hydrogen-bond donors (Lipinski definition) is 0. The van der Waals surface area contributed by atoms with Crippen molar-refractivity contribution >= 4 is 40.7 Å². The minimum atomic E-state index is 0. The molecule has 0 rings (SSSR count). The van der Waals surface area contributed by atoms with Crippen LogP contribution >= 0.6 is 40.7 Å². The van der Waals surface area contributed by atoms with Crippen LogP contribution < -0.4 is 0 Å². The summed E-state index contributed by atoms with van der Waals surface area (Å²) >= 11 is 4.36. The molecule has 0 aromatic heterocycles. The van der Waals surface area contributed by atoms with E-state index in [1.54, 1.807) is 8.46 Å². The number of halogens is 2. The Morgan fingerprint density at radius 3 is 1.25 bits per heavy atom. The normalized spacial score (nSPS) is 5.50. The molecule has 0 aliphatic heterocycles. The molecule has 4 heavy (non-hydrogen) atoms. The fourth-order valence-electron chi connectivity index (χ4n) is 0. The van der Waals surface area contributed by atoms with Crippen LogP contribution in [0.15, 0.2) is 0 Å². The summed E-state index contributed by atoms with van der Waals surface area (Å²) in [5, 5.41) is 0. The van der Waals surface area contributed by atoms with Gasteiger partial charge in [-0.3, -0.25) is 0 Å². The predicted octanol–water partition coefficient (Wildman–Crippen LogP) is 1.77. The summed E-state index contributed by atoms with van der Waals surface area (Å²) in [5.41, 5.74) is 0. The van der Waals surface area contributed by atoms with E-state index in [-0.39, 0.29) is 17.1 Å². The predicted molar refractivity (Wildman–Crippen MR) is 28.0 cm³/mol. The molecule has 4 heteroatoms. The first-order valence-electron chi connectivity index (χ1n) is 0.228. The molecule has 0 atom stereocenters. The molecule has 0 amide bonds. The van der Waals surface area contributed by atoms with Gasteiger partial charge in [0.15, 0.2) is 0 Å². The molecule has 0 aliphatic rings. The van der Waals surface area contributed by atoms with Gasteiger partial charge in [0.2, 0.25) is 0 Å². The van der Waals surface area contributed by atoms with Crippen molar-refractivity contribution in [3.63, 3.8) is 0 Å². The first-order valence-corrected chi connectivity index (χ1v) is 6.30. The van der Waals surface area contributed by atoms with Gasteiger partial charge in [-0.1, -0.05) is 0 Å². The third-order valence-corrected chi connectivity index (χ3v) is 0. The van der Waals surface area contributed by atoms with Crippen molar-refractivity contribution in [2.75, 3.05) is 0 Å². The Bertz CT molecular complexity index is 4.00. The summed E-state index contributed by atoms with van der Waals surface area (Å²) in [6.07, 6.45) is 0. The van der Waals surface area contributed by atoms with E-state index in [0.717, 1.165) is 0 Å². The van der Waals surface area contributed by atoms with Crippen LogP contribution in [-0.2, 0) is 25.5 Å². The molecule has 0 unspecified atom stereocenters. The van der Waals surface area contributed by atoms with Crippen LogP contribution in [-0.4, -0.2) is 0 Å². The Hall–Kier alpha value is 2.50. The molecule has 0 N–H and O–H groups in total. The van der Waals surface area contributed by atoms with E-state index in [0.29, 0.717) is 0 Å². The maximum absolute atomic E-state index is 2.18. The van der Waals surface area contributed by atoms with E-state index in [1.165, 1.54) is 0 Å². The van der Waals surface area contributed by atoms with Gasteiger partial charge in [-0.2, -0.15) is 0 Å². The Kier molecular flexibility index (Phi) is 22.1. The molecule has 0 heterocycles. The molecule has 0 aromatic carbocycles. The van der Waals surface area contributed by atoms with Crippen LogP contribution in [0.5, 0.6) is 0 Å². The van der Waals surface area contributed by atoms with Gasteiger partial charge < -0.3 is 0 Å². The topological polar surface area (TPSA) is 0 Å². The van der Waals surface area contributed by atoms with Gasteiger partial charge >= 0.3 is 66.2 Å². The Labute approximate surface area is 65.0 Å². The number of hydrogen-bond acceptors (Lipinski definition) is 0. The first-order chi connectivity index (χ1) is 1.41. The van der Waals surface area contributed by atoms with Gasteiger partial charge in [-0.25, -0.2) is 0 Å². The van der Waals surface area contributed by atoms with Gasteiger partial charge in [-0.05, 0) is 0 Å².